The van der Waals surface area contributed by atoms with Gasteiger partial charge < -0.3 is 14.4 Å². The molecule has 0 saturated carbocycles. The van der Waals surface area contributed by atoms with E-state index in [1.165, 1.54) is 24.3 Å². The van der Waals surface area contributed by atoms with Crippen molar-refractivity contribution in [2.75, 3.05) is 26.3 Å². The number of aromatic nitrogens is 2. The van der Waals surface area contributed by atoms with E-state index in [1.807, 2.05) is 0 Å². The molecular formula is C20H22FN3O3. The quantitative estimate of drug-likeness (QED) is 0.809. The van der Waals surface area contributed by atoms with Gasteiger partial charge in [0.2, 0.25) is 0 Å². The molecule has 1 aromatic heterocycles. The van der Waals surface area contributed by atoms with Crippen molar-refractivity contribution >= 4 is 5.91 Å². The van der Waals surface area contributed by atoms with Gasteiger partial charge in [-0.15, -0.1) is 0 Å². The van der Waals surface area contributed by atoms with Crippen molar-refractivity contribution in [3.05, 3.63) is 54.1 Å². The molecule has 1 aromatic carbocycles. The van der Waals surface area contributed by atoms with E-state index in [2.05, 4.69) is 9.97 Å². The summed E-state index contributed by atoms with van der Waals surface area (Å²) < 4.78 is 24.6. The number of hydrogen-bond donors (Lipinski definition) is 0. The largest absolute Gasteiger partial charge is 0.463 e. The molecular weight excluding hydrogens is 349 g/mol. The highest BCUT2D eigenvalue weighted by molar-refractivity contribution is 5.94. The zero-order valence-electron chi connectivity index (χ0n) is 15.0. The van der Waals surface area contributed by atoms with Gasteiger partial charge in [0.25, 0.3) is 5.91 Å². The van der Waals surface area contributed by atoms with Crippen LogP contribution in [0.15, 0.2) is 42.7 Å². The van der Waals surface area contributed by atoms with Crippen LogP contribution in [0.1, 0.15) is 29.6 Å². The summed E-state index contributed by atoms with van der Waals surface area (Å²) in [5.74, 6) is 0.0784. The van der Waals surface area contributed by atoms with E-state index in [1.54, 1.807) is 23.4 Å². The molecule has 6 nitrogen and oxygen atoms in total. The number of amides is 1. The van der Waals surface area contributed by atoms with E-state index in [9.17, 15) is 9.18 Å². The van der Waals surface area contributed by atoms with Crippen LogP contribution in [0.4, 0.5) is 4.39 Å². The third kappa shape index (κ3) is 4.08. The Morgan fingerprint density at radius 2 is 2.00 bits per heavy atom. The molecule has 2 saturated heterocycles. The van der Waals surface area contributed by atoms with Crippen molar-refractivity contribution in [2.45, 2.75) is 24.9 Å². The van der Waals surface area contributed by atoms with Gasteiger partial charge >= 0.3 is 6.01 Å². The molecule has 142 valence electrons. The summed E-state index contributed by atoms with van der Waals surface area (Å²) in [5.41, 5.74) is 0.261. The van der Waals surface area contributed by atoms with Crippen molar-refractivity contribution in [3.63, 3.8) is 0 Å². The number of benzene rings is 1. The minimum Gasteiger partial charge on any atom is -0.463 e. The Labute approximate surface area is 157 Å². The average Bonchev–Trinajstić information content (AvgIpc) is 2.67. The highest BCUT2D eigenvalue weighted by atomic mass is 19.1. The average molecular weight is 371 g/mol. The van der Waals surface area contributed by atoms with Gasteiger partial charge in [-0.2, -0.15) is 0 Å². The maximum atomic E-state index is 13.0. The Kier molecular flexibility index (Phi) is 5.03. The summed E-state index contributed by atoms with van der Waals surface area (Å²) in [6.45, 7) is 2.44. The Bertz CT molecular complexity index is 779. The van der Waals surface area contributed by atoms with Crippen molar-refractivity contribution < 1.29 is 18.7 Å². The third-order valence-electron chi connectivity index (χ3n) is 5.23. The van der Waals surface area contributed by atoms with Gasteiger partial charge in [-0.25, -0.2) is 14.4 Å². The molecule has 1 atom stereocenters. The predicted molar refractivity (Wildman–Crippen MR) is 95.9 cm³/mol. The second kappa shape index (κ2) is 7.60. The molecule has 2 fully saturated rings. The topological polar surface area (TPSA) is 64.6 Å². The number of nitrogens with zero attached hydrogens (tertiary/aromatic N) is 3. The molecule has 3 heterocycles. The van der Waals surface area contributed by atoms with E-state index >= 15 is 0 Å². The summed E-state index contributed by atoms with van der Waals surface area (Å²) in [5, 5.41) is 0. The standard InChI is InChI=1S/C20H22FN3O3/c21-17-4-2-16(3-5-17)18(25)24-13-20(14-24)12-15(7-11-27-20)6-10-26-19-22-8-1-9-23-19/h1-5,8-9,15H,6-7,10-14H2/t15-/m0/s1. The first-order valence-corrected chi connectivity index (χ1v) is 9.22. The van der Waals surface area contributed by atoms with Crippen molar-refractivity contribution in [2.24, 2.45) is 5.92 Å². The maximum absolute atomic E-state index is 13.0. The normalized spacial score (nSPS) is 20.9. The smallest absolute Gasteiger partial charge is 0.316 e. The number of carbonyl (C=O) groups is 1. The minimum atomic E-state index is -0.340. The monoisotopic (exact) mass is 371 g/mol. The Balaban J connectivity index is 1.26. The van der Waals surface area contributed by atoms with Crippen LogP contribution in [0.2, 0.25) is 0 Å². The predicted octanol–water partition coefficient (Wildman–Crippen LogP) is 2.71. The summed E-state index contributed by atoms with van der Waals surface area (Å²) in [4.78, 5) is 22.4. The molecule has 7 heteroatoms. The molecule has 1 amide bonds. The van der Waals surface area contributed by atoms with Crippen molar-refractivity contribution in [3.8, 4) is 6.01 Å². The van der Waals surface area contributed by atoms with E-state index < -0.39 is 0 Å². The molecule has 0 radical (unpaired) electrons. The molecule has 27 heavy (non-hydrogen) atoms. The van der Waals surface area contributed by atoms with Crippen LogP contribution in [-0.4, -0.2) is 52.7 Å². The fourth-order valence-electron chi connectivity index (χ4n) is 3.84. The van der Waals surface area contributed by atoms with Gasteiger partial charge in [0, 0.05) is 24.6 Å². The van der Waals surface area contributed by atoms with Crippen LogP contribution in [0.5, 0.6) is 6.01 Å². The van der Waals surface area contributed by atoms with Crippen molar-refractivity contribution in [1.82, 2.24) is 14.9 Å². The molecule has 4 rings (SSSR count). The SMILES string of the molecule is O=C(c1ccc(F)cc1)N1CC2(C[C@@H](CCOc3ncccn3)CCO2)C1. The van der Waals surface area contributed by atoms with E-state index in [4.69, 9.17) is 9.47 Å². The second-order valence-electron chi connectivity index (χ2n) is 7.23. The molecule has 2 aliphatic heterocycles. The Morgan fingerprint density at radius 1 is 1.26 bits per heavy atom. The second-order valence-corrected chi connectivity index (χ2v) is 7.23. The van der Waals surface area contributed by atoms with Crippen LogP contribution in [-0.2, 0) is 4.74 Å². The summed E-state index contributed by atoms with van der Waals surface area (Å²) >= 11 is 0. The van der Waals surface area contributed by atoms with Crippen LogP contribution in [0.3, 0.4) is 0 Å². The lowest BCUT2D eigenvalue weighted by molar-refractivity contribution is -0.166. The first-order valence-electron chi connectivity index (χ1n) is 9.22. The van der Waals surface area contributed by atoms with Crippen molar-refractivity contribution in [1.29, 1.82) is 0 Å². The van der Waals surface area contributed by atoms with Gasteiger partial charge in [0.05, 0.1) is 19.7 Å². The van der Waals surface area contributed by atoms with Gasteiger partial charge in [-0.05, 0) is 55.5 Å². The molecule has 1 spiro atoms. The maximum Gasteiger partial charge on any atom is 0.316 e. The van der Waals surface area contributed by atoms with Gasteiger partial charge in [-0.1, -0.05) is 0 Å². The fourth-order valence-corrected chi connectivity index (χ4v) is 3.84. The molecule has 0 unspecified atom stereocenters. The number of halogens is 1. The molecule has 0 bridgehead atoms. The van der Waals surface area contributed by atoms with Crippen LogP contribution in [0.25, 0.3) is 0 Å². The Hall–Kier alpha value is -2.54. The first-order chi connectivity index (χ1) is 13.1. The number of rotatable bonds is 5. The lowest BCUT2D eigenvalue weighted by atomic mass is 9.79. The number of likely N-dealkylation sites (tertiary alicyclic amines) is 1. The highest BCUT2D eigenvalue weighted by Gasteiger charge is 2.49. The minimum absolute atomic E-state index is 0.0732. The molecule has 2 aromatic rings. The molecule has 0 N–H and O–H groups in total. The number of carbonyl (C=O) groups excluding carboxylic acids is 1. The van der Waals surface area contributed by atoms with Crippen LogP contribution >= 0.6 is 0 Å². The zero-order chi connectivity index (χ0) is 18.7. The lowest BCUT2D eigenvalue weighted by Gasteiger charge is -2.53. The first kappa shape index (κ1) is 17.9. The van der Waals surface area contributed by atoms with E-state index in [0.29, 0.717) is 43.8 Å². The van der Waals surface area contributed by atoms with E-state index in [-0.39, 0.29) is 17.3 Å². The third-order valence-corrected chi connectivity index (χ3v) is 5.23. The summed E-state index contributed by atoms with van der Waals surface area (Å²) in [6, 6.07) is 7.83. The van der Waals surface area contributed by atoms with Gasteiger partial charge in [-0.3, -0.25) is 4.79 Å². The zero-order valence-corrected chi connectivity index (χ0v) is 15.0. The van der Waals surface area contributed by atoms with E-state index in [0.717, 1.165) is 19.3 Å². The summed E-state index contributed by atoms with van der Waals surface area (Å²) in [6.07, 6.45) is 6.14. The number of hydrogen-bond acceptors (Lipinski definition) is 5. The van der Waals surface area contributed by atoms with Gasteiger partial charge in [0.15, 0.2) is 0 Å². The Morgan fingerprint density at radius 3 is 2.74 bits per heavy atom. The highest BCUT2D eigenvalue weighted by Crippen LogP contribution is 2.38. The number of ether oxygens (including phenoxy) is 2. The fraction of sp³-hybridized carbons (Fsp3) is 0.450. The molecule has 0 aliphatic carbocycles. The summed E-state index contributed by atoms with van der Waals surface area (Å²) in [7, 11) is 0. The van der Waals surface area contributed by atoms with Crippen LogP contribution in [0, 0.1) is 11.7 Å². The lowest BCUT2D eigenvalue weighted by Crippen LogP contribution is -2.66. The molecule has 2 aliphatic rings. The van der Waals surface area contributed by atoms with Gasteiger partial charge in [0.1, 0.15) is 11.4 Å². The van der Waals surface area contributed by atoms with Crippen LogP contribution < -0.4 is 4.74 Å².